The number of carbonyl (C=O) groups is 1. The van der Waals surface area contributed by atoms with Crippen LogP contribution < -0.4 is 9.47 Å². The highest BCUT2D eigenvalue weighted by Gasteiger charge is 2.15. The molecule has 114 valence electrons. The maximum Gasteiger partial charge on any atom is 0.305 e. The van der Waals surface area contributed by atoms with Crippen LogP contribution in [0.1, 0.15) is 10.4 Å². The number of Topliss-reactive ketones (excluding diaryl/α,β-unsaturated/α-hetero) is 1. The summed E-state index contributed by atoms with van der Waals surface area (Å²) in [5.74, 6) is -0.652. The zero-order chi connectivity index (χ0) is 16.1. The summed E-state index contributed by atoms with van der Waals surface area (Å²) in [6.07, 6.45) is 0. The van der Waals surface area contributed by atoms with Crippen molar-refractivity contribution in [3.8, 4) is 11.5 Å². The molecule has 0 aliphatic carbocycles. The lowest BCUT2D eigenvalue weighted by molar-refractivity contribution is -0.387. The Labute approximate surface area is 125 Å². The van der Waals surface area contributed by atoms with E-state index in [0.29, 0.717) is 11.3 Å². The van der Waals surface area contributed by atoms with Gasteiger partial charge in [0.25, 0.3) is 0 Å². The Hall–Kier alpha value is -2.96. The van der Waals surface area contributed by atoms with Gasteiger partial charge in [-0.15, -0.1) is 0 Å². The normalized spacial score (nSPS) is 10.1. The van der Waals surface area contributed by atoms with Crippen molar-refractivity contribution in [2.45, 2.75) is 0 Å². The summed E-state index contributed by atoms with van der Waals surface area (Å²) in [5, 5.41) is 10.5. The topological polar surface area (TPSA) is 78.7 Å². The van der Waals surface area contributed by atoms with Crippen LogP contribution in [0, 0.1) is 15.9 Å². The number of hydrogen-bond acceptors (Lipinski definition) is 5. The average molecular weight is 305 g/mol. The molecule has 6 nitrogen and oxygen atoms in total. The first-order valence-corrected chi connectivity index (χ1v) is 6.25. The van der Waals surface area contributed by atoms with Gasteiger partial charge in [-0.2, -0.15) is 4.39 Å². The van der Waals surface area contributed by atoms with Gasteiger partial charge in [-0.1, -0.05) is 0 Å². The van der Waals surface area contributed by atoms with Gasteiger partial charge in [-0.3, -0.25) is 14.9 Å². The van der Waals surface area contributed by atoms with Crippen LogP contribution in [0.4, 0.5) is 10.1 Å². The van der Waals surface area contributed by atoms with Crippen molar-refractivity contribution >= 4 is 11.5 Å². The van der Waals surface area contributed by atoms with Crippen molar-refractivity contribution < 1.29 is 23.6 Å². The number of nitro groups is 1. The van der Waals surface area contributed by atoms with Crippen molar-refractivity contribution in [1.29, 1.82) is 0 Å². The van der Waals surface area contributed by atoms with E-state index < -0.39 is 16.4 Å². The molecular weight excluding hydrogens is 293 g/mol. The maximum absolute atomic E-state index is 13.4. The van der Waals surface area contributed by atoms with Crippen molar-refractivity contribution in [3.63, 3.8) is 0 Å². The molecule has 0 aliphatic rings. The molecule has 0 radical (unpaired) electrons. The van der Waals surface area contributed by atoms with E-state index in [9.17, 15) is 19.3 Å². The van der Waals surface area contributed by atoms with Gasteiger partial charge in [-0.25, -0.2) is 0 Å². The number of rotatable bonds is 6. The standard InChI is InChI=1S/C15H12FNO5/c1-21-11-4-2-10(3-5-11)15(18)9-22-12-6-7-14(17(19)20)13(16)8-12/h2-8H,9H2,1H3. The SMILES string of the molecule is COc1ccc(C(=O)COc2ccc([N+](=O)[O-])c(F)c2)cc1. The summed E-state index contributed by atoms with van der Waals surface area (Å²) >= 11 is 0. The lowest BCUT2D eigenvalue weighted by Gasteiger charge is -2.06. The van der Waals surface area contributed by atoms with Crippen LogP contribution in [0.25, 0.3) is 0 Å². The maximum atomic E-state index is 13.4. The number of ketones is 1. The van der Waals surface area contributed by atoms with Gasteiger partial charge in [0.2, 0.25) is 5.82 Å². The molecule has 0 saturated heterocycles. The molecule has 22 heavy (non-hydrogen) atoms. The zero-order valence-corrected chi connectivity index (χ0v) is 11.6. The largest absolute Gasteiger partial charge is 0.497 e. The van der Waals surface area contributed by atoms with E-state index in [0.717, 1.165) is 12.1 Å². The first kappa shape index (κ1) is 15.4. The van der Waals surface area contributed by atoms with Crippen LogP contribution in [-0.2, 0) is 0 Å². The minimum absolute atomic E-state index is 0.0463. The molecule has 0 amide bonds. The van der Waals surface area contributed by atoms with E-state index in [2.05, 4.69) is 0 Å². The summed E-state index contributed by atoms with van der Waals surface area (Å²) in [6.45, 7) is -0.302. The fourth-order valence-electron chi connectivity index (χ4n) is 1.73. The number of carbonyl (C=O) groups excluding carboxylic acids is 1. The molecule has 0 aliphatic heterocycles. The van der Waals surface area contributed by atoms with E-state index in [-0.39, 0.29) is 18.1 Å². The molecule has 0 unspecified atom stereocenters. The summed E-state index contributed by atoms with van der Waals surface area (Å²) in [7, 11) is 1.52. The highest BCUT2D eigenvalue weighted by Crippen LogP contribution is 2.22. The van der Waals surface area contributed by atoms with Crippen LogP contribution in [0.2, 0.25) is 0 Å². The molecule has 0 aromatic heterocycles. The molecule has 2 aromatic rings. The Bertz CT molecular complexity index is 700. The van der Waals surface area contributed by atoms with Crippen LogP contribution in [0.5, 0.6) is 11.5 Å². The number of nitrogens with zero attached hydrogens (tertiary/aromatic N) is 1. The Morgan fingerprint density at radius 3 is 2.36 bits per heavy atom. The summed E-state index contributed by atoms with van der Waals surface area (Å²) in [4.78, 5) is 21.6. The molecule has 0 heterocycles. The van der Waals surface area contributed by atoms with Crippen molar-refractivity contribution in [3.05, 3.63) is 64.0 Å². The second kappa shape index (κ2) is 6.66. The predicted octanol–water partition coefficient (Wildman–Crippen LogP) is 3.00. The third kappa shape index (κ3) is 3.57. The fraction of sp³-hybridized carbons (Fsp3) is 0.133. The van der Waals surface area contributed by atoms with E-state index in [1.807, 2.05) is 0 Å². The zero-order valence-electron chi connectivity index (χ0n) is 11.6. The lowest BCUT2D eigenvalue weighted by atomic mass is 10.1. The van der Waals surface area contributed by atoms with Crippen molar-refractivity contribution in [2.75, 3.05) is 13.7 Å². The Kier molecular flexibility index (Phi) is 4.67. The molecule has 0 atom stereocenters. The van der Waals surface area contributed by atoms with Crippen LogP contribution in [0.15, 0.2) is 42.5 Å². The molecule has 0 spiro atoms. The Morgan fingerprint density at radius 1 is 1.18 bits per heavy atom. The predicted molar refractivity (Wildman–Crippen MR) is 75.9 cm³/mol. The summed E-state index contributed by atoms with van der Waals surface area (Å²) in [6, 6.07) is 9.55. The van der Waals surface area contributed by atoms with Crippen LogP contribution in [0.3, 0.4) is 0 Å². The quantitative estimate of drug-likeness (QED) is 0.465. The van der Waals surface area contributed by atoms with Crippen LogP contribution in [-0.4, -0.2) is 24.4 Å². The van der Waals surface area contributed by atoms with Gasteiger partial charge in [0.05, 0.1) is 12.0 Å². The second-order valence-electron chi connectivity index (χ2n) is 4.31. The number of hydrogen-bond donors (Lipinski definition) is 0. The fourth-order valence-corrected chi connectivity index (χ4v) is 1.73. The molecule has 2 rings (SSSR count). The highest BCUT2D eigenvalue weighted by atomic mass is 19.1. The third-order valence-electron chi connectivity index (χ3n) is 2.90. The van der Waals surface area contributed by atoms with E-state index in [1.54, 1.807) is 24.3 Å². The third-order valence-corrected chi connectivity index (χ3v) is 2.90. The molecule has 0 fully saturated rings. The molecule has 0 N–H and O–H groups in total. The minimum atomic E-state index is -1.01. The first-order chi connectivity index (χ1) is 10.5. The van der Waals surface area contributed by atoms with E-state index in [1.165, 1.54) is 13.2 Å². The number of nitro benzene ring substituents is 1. The van der Waals surface area contributed by atoms with Crippen molar-refractivity contribution in [1.82, 2.24) is 0 Å². The van der Waals surface area contributed by atoms with Gasteiger partial charge >= 0.3 is 5.69 Å². The highest BCUT2D eigenvalue weighted by molar-refractivity contribution is 5.97. The Balaban J connectivity index is 2.01. The van der Waals surface area contributed by atoms with Gasteiger partial charge in [0, 0.05) is 17.7 Å². The molecule has 0 saturated carbocycles. The lowest BCUT2D eigenvalue weighted by Crippen LogP contribution is -2.11. The summed E-state index contributed by atoms with van der Waals surface area (Å²) < 4.78 is 23.5. The smallest absolute Gasteiger partial charge is 0.305 e. The Morgan fingerprint density at radius 2 is 1.82 bits per heavy atom. The number of benzene rings is 2. The first-order valence-electron chi connectivity index (χ1n) is 6.25. The van der Waals surface area contributed by atoms with Gasteiger partial charge in [0.15, 0.2) is 12.4 Å². The molecule has 2 aromatic carbocycles. The van der Waals surface area contributed by atoms with Gasteiger partial charge < -0.3 is 9.47 Å². The van der Waals surface area contributed by atoms with Crippen LogP contribution >= 0.6 is 0 Å². The van der Waals surface area contributed by atoms with E-state index >= 15 is 0 Å². The minimum Gasteiger partial charge on any atom is -0.497 e. The molecule has 0 bridgehead atoms. The van der Waals surface area contributed by atoms with Gasteiger partial charge in [-0.05, 0) is 30.3 Å². The summed E-state index contributed by atoms with van der Waals surface area (Å²) in [5.41, 5.74) is -0.225. The van der Waals surface area contributed by atoms with Gasteiger partial charge in [0.1, 0.15) is 11.5 Å². The van der Waals surface area contributed by atoms with Crippen molar-refractivity contribution in [2.24, 2.45) is 0 Å². The number of halogens is 1. The molecular formula is C15H12FNO5. The van der Waals surface area contributed by atoms with E-state index in [4.69, 9.17) is 9.47 Å². The average Bonchev–Trinajstić information content (AvgIpc) is 2.52. The number of ether oxygens (including phenoxy) is 2. The number of methoxy groups -OCH3 is 1. The molecule has 7 heteroatoms. The second-order valence-corrected chi connectivity index (χ2v) is 4.31. The monoisotopic (exact) mass is 305 g/mol.